The Labute approximate surface area is 186 Å². The molecule has 11 heteroatoms. The molecule has 0 saturated heterocycles. The number of H-pyrrole nitrogens is 1. The summed E-state index contributed by atoms with van der Waals surface area (Å²) in [6, 6.07) is 8.92. The second-order valence-electron chi connectivity index (χ2n) is 6.40. The molecule has 0 radical (unpaired) electrons. The van der Waals surface area contributed by atoms with Crippen LogP contribution in [-0.2, 0) is 28.2 Å². The normalized spacial score (nSPS) is 10.5. The molecule has 3 aromatic rings. The Morgan fingerprint density at radius 2 is 1.97 bits per heavy atom. The molecule has 162 valence electrons. The molecule has 0 aliphatic heterocycles. The van der Waals surface area contributed by atoms with Crippen LogP contribution in [0.2, 0.25) is 0 Å². The SMILES string of the molecule is CNC(=O)Cc1csc(NC(=O)Cc2cc(=O)[nH]c(SCc3cccc(OC)c3)n2)n1. The predicted molar refractivity (Wildman–Crippen MR) is 120 cm³/mol. The van der Waals surface area contributed by atoms with E-state index in [0.717, 1.165) is 11.3 Å². The Hall–Kier alpha value is -3.18. The first kappa shape index (κ1) is 22.5. The maximum atomic E-state index is 12.3. The number of nitrogens with zero attached hydrogens (tertiary/aromatic N) is 2. The quantitative estimate of drug-likeness (QED) is 0.330. The van der Waals surface area contributed by atoms with Gasteiger partial charge in [0.25, 0.3) is 5.56 Å². The fourth-order valence-corrected chi connectivity index (χ4v) is 4.15. The number of nitrogens with one attached hydrogen (secondary N) is 3. The van der Waals surface area contributed by atoms with Crippen LogP contribution in [0.5, 0.6) is 5.75 Å². The van der Waals surface area contributed by atoms with Crippen molar-refractivity contribution in [2.24, 2.45) is 0 Å². The van der Waals surface area contributed by atoms with Crippen molar-refractivity contribution in [2.75, 3.05) is 19.5 Å². The molecule has 0 aliphatic rings. The summed E-state index contributed by atoms with van der Waals surface area (Å²) in [5, 5.41) is 7.73. The van der Waals surface area contributed by atoms with Crippen molar-refractivity contribution in [2.45, 2.75) is 23.8 Å². The van der Waals surface area contributed by atoms with Gasteiger partial charge in [0.15, 0.2) is 10.3 Å². The van der Waals surface area contributed by atoms with Crippen LogP contribution >= 0.6 is 23.1 Å². The molecule has 3 rings (SSSR count). The van der Waals surface area contributed by atoms with Gasteiger partial charge in [0, 0.05) is 24.2 Å². The zero-order chi connectivity index (χ0) is 22.2. The zero-order valence-electron chi connectivity index (χ0n) is 16.9. The van der Waals surface area contributed by atoms with Gasteiger partial charge in [0.1, 0.15) is 5.75 Å². The highest BCUT2D eigenvalue weighted by Crippen LogP contribution is 2.22. The first-order valence-electron chi connectivity index (χ1n) is 9.26. The van der Waals surface area contributed by atoms with Gasteiger partial charge in [0.05, 0.1) is 31.3 Å². The van der Waals surface area contributed by atoms with Gasteiger partial charge >= 0.3 is 0 Å². The molecule has 0 bridgehead atoms. The summed E-state index contributed by atoms with van der Waals surface area (Å²) in [7, 11) is 3.16. The molecule has 0 unspecified atom stereocenters. The van der Waals surface area contributed by atoms with Gasteiger partial charge in [-0.2, -0.15) is 0 Å². The van der Waals surface area contributed by atoms with Crippen LogP contribution in [0.15, 0.2) is 45.7 Å². The lowest BCUT2D eigenvalue weighted by molar-refractivity contribution is -0.120. The Morgan fingerprint density at radius 1 is 1.16 bits per heavy atom. The number of benzene rings is 1. The Balaban J connectivity index is 1.60. The summed E-state index contributed by atoms with van der Waals surface area (Å²) >= 11 is 2.59. The van der Waals surface area contributed by atoms with E-state index < -0.39 is 0 Å². The van der Waals surface area contributed by atoms with Crippen LogP contribution < -0.4 is 20.9 Å². The molecule has 9 nitrogen and oxygen atoms in total. The molecule has 2 aromatic heterocycles. The molecule has 3 N–H and O–H groups in total. The first-order chi connectivity index (χ1) is 14.9. The maximum Gasteiger partial charge on any atom is 0.251 e. The van der Waals surface area contributed by atoms with Crippen LogP contribution in [0.4, 0.5) is 5.13 Å². The van der Waals surface area contributed by atoms with Crippen molar-refractivity contribution in [1.29, 1.82) is 0 Å². The van der Waals surface area contributed by atoms with E-state index in [1.165, 1.54) is 29.2 Å². The average Bonchev–Trinajstić information content (AvgIpc) is 3.18. The standard InChI is InChI=1S/C20H21N5O4S2/c1-21-16(26)9-14-11-31-20(23-14)25-18(28)8-13-7-17(27)24-19(22-13)30-10-12-4-3-5-15(6-12)29-2/h3-7,11H,8-10H2,1-2H3,(H,21,26)(H,22,24,27)(H,23,25,28). The largest absolute Gasteiger partial charge is 0.497 e. The van der Waals surface area contributed by atoms with E-state index in [4.69, 9.17) is 4.74 Å². The van der Waals surface area contributed by atoms with Crippen molar-refractivity contribution in [3.05, 3.63) is 63.0 Å². The van der Waals surface area contributed by atoms with Crippen LogP contribution in [0.3, 0.4) is 0 Å². The lowest BCUT2D eigenvalue weighted by Crippen LogP contribution is -2.20. The predicted octanol–water partition coefficient (Wildman–Crippen LogP) is 2.00. The third-order valence-corrected chi connectivity index (χ3v) is 5.79. The van der Waals surface area contributed by atoms with Crippen molar-refractivity contribution in [1.82, 2.24) is 20.3 Å². The number of thiazole rings is 1. The van der Waals surface area contributed by atoms with E-state index in [0.29, 0.717) is 27.4 Å². The molecule has 0 aliphatic carbocycles. The molecule has 0 saturated carbocycles. The highest BCUT2D eigenvalue weighted by atomic mass is 32.2. The number of methoxy groups -OCH3 is 1. The van der Waals surface area contributed by atoms with Gasteiger partial charge in [-0.3, -0.25) is 14.4 Å². The van der Waals surface area contributed by atoms with E-state index in [2.05, 4.69) is 25.6 Å². The van der Waals surface area contributed by atoms with E-state index in [-0.39, 0.29) is 30.2 Å². The second kappa shape index (κ2) is 10.7. The average molecular weight is 460 g/mol. The highest BCUT2D eigenvalue weighted by molar-refractivity contribution is 7.98. The zero-order valence-corrected chi connectivity index (χ0v) is 18.6. The number of carbonyl (C=O) groups excluding carboxylic acids is 2. The second-order valence-corrected chi connectivity index (χ2v) is 8.22. The smallest absolute Gasteiger partial charge is 0.251 e. The number of hydrogen-bond acceptors (Lipinski definition) is 8. The van der Waals surface area contributed by atoms with Crippen molar-refractivity contribution >= 4 is 40.0 Å². The van der Waals surface area contributed by atoms with E-state index in [1.807, 2.05) is 24.3 Å². The molecule has 2 heterocycles. The van der Waals surface area contributed by atoms with Crippen molar-refractivity contribution in [3.63, 3.8) is 0 Å². The minimum atomic E-state index is -0.345. The van der Waals surface area contributed by atoms with Crippen LogP contribution in [0, 0.1) is 0 Å². The topological polar surface area (TPSA) is 126 Å². The van der Waals surface area contributed by atoms with Crippen molar-refractivity contribution in [3.8, 4) is 5.75 Å². The van der Waals surface area contributed by atoms with E-state index >= 15 is 0 Å². The van der Waals surface area contributed by atoms with Crippen LogP contribution in [0.25, 0.3) is 0 Å². The number of likely N-dealkylation sites (N-methyl/N-ethyl adjacent to an activating group) is 1. The molecule has 0 fully saturated rings. The highest BCUT2D eigenvalue weighted by Gasteiger charge is 2.12. The van der Waals surface area contributed by atoms with E-state index in [9.17, 15) is 14.4 Å². The Morgan fingerprint density at radius 3 is 2.74 bits per heavy atom. The number of aromatic amines is 1. The number of carbonyl (C=O) groups is 2. The van der Waals surface area contributed by atoms with Gasteiger partial charge in [-0.1, -0.05) is 23.9 Å². The lowest BCUT2D eigenvalue weighted by atomic mass is 10.2. The first-order valence-corrected chi connectivity index (χ1v) is 11.1. The lowest BCUT2D eigenvalue weighted by Gasteiger charge is -2.06. The Kier molecular flexibility index (Phi) is 7.79. The number of rotatable bonds is 9. The number of ether oxygens (including phenoxy) is 1. The van der Waals surface area contributed by atoms with Gasteiger partial charge < -0.3 is 20.4 Å². The fourth-order valence-electron chi connectivity index (χ4n) is 2.58. The summed E-state index contributed by atoms with van der Waals surface area (Å²) in [5.41, 5.74) is 1.63. The Bertz CT molecular complexity index is 1130. The van der Waals surface area contributed by atoms with E-state index in [1.54, 1.807) is 19.5 Å². The molecule has 1 aromatic carbocycles. The fraction of sp³-hybridized carbons (Fsp3) is 0.250. The summed E-state index contributed by atoms with van der Waals surface area (Å²) in [6.07, 6.45) is 0.0767. The van der Waals surface area contributed by atoms with Gasteiger partial charge in [-0.25, -0.2) is 9.97 Å². The van der Waals surface area contributed by atoms with Crippen LogP contribution in [0.1, 0.15) is 17.0 Å². The van der Waals surface area contributed by atoms with Crippen LogP contribution in [-0.4, -0.2) is 40.9 Å². The summed E-state index contributed by atoms with van der Waals surface area (Å²) in [4.78, 5) is 47.0. The molecule has 31 heavy (non-hydrogen) atoms. The van der Waals surface area contributed by atoms with Crippen molar-refractivity contribution < 1.29 is 14.3 Å². The molecular weight excluding hydrogens is 438 g/mol. The maximum absolute atomic E-state index is 12.3. The number of hydrogen-bond donors (Lipinski definition) is 3. The summed E-state index contributed by atoms with van der Waals surface area (Å²) in [6.45, 7) is 0. The minimum absolute atomic E-state index is 0.0685. The molecule has 2 amide bonds. The molecule has 0 spiro atoms. The monoisotopic (exact) mass is 459 g/mol. The number of aromatic nitrogens is 3. The third-order valence-electron chi connectivity index (χ3n) is 4.04. The minimum Gasteiger partial charge on any atom is -0.497 e. The number of amides is 2. The third kappa shape index (κ3) is 6.93. The van der Waals surface area contributed by atoms with Gasteiger partial charge in [-0.15, -0.1) is 11.3 Å². The molecule has 0 atom stereocenters. The summed E-state index contributed by atoms with van der Waals surface area (Å²) in [5.74, 6) is 0.839. The molecular formula is C20H21N5O4S2. The number of thioether (sulfide) groups is 1. The van der Waals surface area contributed by atoms with Gasteiger partial charge in [-0.05, 0) is 17.7 Å². The van der Waals surface area contributed by atoms with Gasteiger partial charge in [0.2, 0.25) is 11.8 Å². The number of anilines is 1. The summed E-state index contributed by atoms with van der Waals surface area (Å²) < 4.78 is 5.21.